The van der Waals surface area contributed by atoms with E-state index in [0.717, 1.165) is 30.7 Å². The average molecular weight is 276 g/mol. The zero-order valence-corrected chi connectivity index (χ0v) is 12.1. The molecule has 3 rings (SSSR count). The Morgan fingerprint density at radius 2 is 2.26 bits per heavy atom. The van der Waals surface area contributed by atoms with Crippen LogP contribution in [0.2, 0.25) is 0 Å². The average Bonchev–Trinajstić information content (AvgIpc) is 2.99. The minimum Gasteiger partial charge on any atom is -0.340 e. The zero-order chi connectivity index (χ0) is 13.2. The largest absolute Gasteiger partial charge is 0.340 e. The van der Waals surface area contributed by atoms with Crippen molar-refractivity contribution in [3.05, 3.63) is 35.4 Å². The molecule has 3 nitrogen and oxygen atoms in total. The Hall–Kier alpha value is -1.00. The summed E-state index contributed by atoms with van der Waals surface area (Å²) in [5, 5.41) is 3.38. The van der Waals surface area contributed by atoms with E-state index in [2.05, 4.69) is 23.5 Å². The maximum atomic E-state index is 12.7. The molecule has 2 heterocycles. The number of thioether (sulfide) groups is 1. The molecule has 2 atom stereocenters. The van der Waals surface area contributed by atoms with Crippen LogP contribution in [-0.2, 0) is 11.2 Å². The Bertz CT molecular complexity index is 471. The lowest BCUT2D eigenvalue weighted by molar-refractivity contribution is -0.134. The summed E-state index contributed by atoms with van der Waals surface area (Å²) >= 11 is 1.95. The molecule has 2 unspecified atom stereocenters. The van der Waals surface area contributed by atoms with Gasteiger partial charge in [-0.15, -0.1) is 0 Å². The summed E-state index contributed by atoms with van der Waals surface area (Å²) in [5.74, 6) is 2.48. The Balaban J connectivity index is 1.80. The fourth-order valence-electron chi connectivity index (χ4n) is 2.94. The van der Waals surface area contributed by atoms with E-state index in [9.17, 15) is 4.79 Å². The molecular weight excluding hydrogens is 256 g/mol. The van der Waals surface area contributed by atoms with Crippen molar-refractivity contribution in [2.45, 2.75) is 24.9 Å². The van der Waals surface area contributed by atoms with Gasteiger partial charge in [-0.2, -0.15) is 11.8 Å². The molecule has 1 aromatic carbocycles. The number of amides is 1. The van der Waals surface area contributed by atoms with Gasteiger partial charge in [0.2, 0.25) is 5.91 Å². The van der Waals surface area contributed by atoms with E-state index in [4.69, 9.17) is 0 Å². The summed E-state index contributed by atoms with van der Waals surface area (Å²) in [6, 6.07) is 8.57. The second-order valence-electron chi connectivity index (χ2n) is 5.30. The third-order valence-electron chi connectivity index (χ3n) is 4.16. The molecule has 4 heteroatoms. The van der Waals surface area contributed by atoms with Crippen LogP contribution in [0, 0.1) is 0 Å². The quantitative estimate of drug-likeness (QED) is 0.894. The first-order valence-electron chi connectivity index (χ1n) is 6.93. The molecule has 0 radical (unpaired) electrons. The second-order valence-corrected chi connectivity index (χ2v) is 6.45. The lowest BCUT2D eigenvalue weighted by Crippen LogP contribution is -2.46. The van der Waals surface area contributed by atoms with Crippen LogP contribution in [0.4, 0.5) is 0 Å². The first kappa shape index (κ1) is 13.0. The minimum atomic E-state index is -0.152. The maximum absolute atomic E-state index is 12.7. The fraction of sp³-hybridized carbons (Fsp3) is 0.533. The molecule has 1 fully saturated rings. The molecule has 2 aliphatic heterocycles. The molecule has 0 bridgehead atoms. The Morgan fingerprint density at radius 3 is 3.05 bits per heavy atom. The highest BCUT2D eigenvalue weighted by Crippen LogP contribution is 2.27. The highest BCUT2D eigenvalue weighted by atomic mass is 32.2. The van der Waals surface area contributed by atoms with Crippen LogP contribution >= 0.6 is 11.8 Å². The number of nitrogens with one attached hydrogen (secondary N) is 1. The number of likely N-dealkylation sites (N-methyl/N-ethyl adjacent to an activating group) is 1. The number of rotatable bonds is 2. The van der Waals surface area contributed by atoms with E-state index in [1.807, 2.05) is 29.8 Å². The van der Waals surface area contributed by atoms with E-state index in [-0.39, 0.29) is 11.9 Å². The molecule has 0 saturated carbocycles. The summed E-state index contributed by atoms with van der Waals surface area (Å²) in [7, 11) is 1.96. The number of carbonyl (C=O) groups excluding carboxylic acids is 1. The van der Waals surface area contributed by atoms with E-state index < -0.39 is 0 Å². The van der Waals surface area contributed by atoms with Gasteiger partial charge in [0.1, 0.15) is 6.04 Å². The summed E-state index contributed by atoms with van der Waals surface area (Å²) in [5.41, 5.74) is 2.48. The van der Waals surface area contributed by atoms with Crippen LogP contribution in [0.5, 0.6) is 0 Å². The molecule has 1 N–H and O–H groups in total. The third kappa shape index (κ3) is 2.51. The molecule has 0 aromatic heterocycles. The van der Waals surface area contributed by atoms with Gasteiger partial charge < -0.3 is 10.2 Å². The highest BCUT2D eigenvalue weighted by molar-refractivity contribution is 7.99. The molecule has 19 heavy (non-hydrogen) atoms. The van der Waals surface area contributed by atoms with Crippen molar-refractivity contribution in [3.63, 3.8) is 0 Å². The molecule has 0 spiro atoms. The standard InChI is InChI=1S/C15H20N2OS/c1-17(12-7-9-19-10-12)15(18)14-13-5-3-2-4-11(13)6-8-16-14/h2-5,12,14,16H,6-10H2,1H3. The van der Waals surface area contributed by atoms with Crippen molar-refractivity contribution in [2.24, 2.45) is 0 Å². The summed E-state index contributed by atoms with van der Waals surface area (Å²) in [4.78, 5) is 14.7. The lowest BCUT2D eigenvalue weighted by Gasteiger charge is -2.32. The van der Waals surface area contributed by atoms with Gasteiger partial charge in [-0.05, 0) is 29.7 Å². The van der Waals surface area contributed by atoms with E-state index in [1.54, 1.807) is 0 Å². The number of fused-ring (bicyclic) bond motifs is 1. The van der Waals surface area contributed by atoms with Crippen molar-refractivity contribution < 1.29 is 4.79 Å². The van der Waals surface area contributed by atoms with Crippen LogP contribution < -0.4 is 5.32 Å². The van der Waals surface area contributed by atoms with E-state index >= 15 is 0 Å². The molecule has 102 valence electrons. The predicted molar refractivity (Wildman–Crippen MR) is 79.4 cm³/mol. The normalized spacial score (nSPS) is 25.9. The zero-order valence-electron chi connectivity index (χ0n) is 11.3. The fourth-order valence-corrected chi connectivity index (χ4v) is 4.20. The summed E-state index contributed by atoms with van der Waals surface area (Å²) in [6.45, 7) is 0.890. The van der Waals surface area contributed by atoms with Gasteiger partial charge in [0.25, 0.3) is 0 Å². The van der Waals surface area contributed by atoms with Gasteiger partial charge in [-0.1, -0.05) is 24.3 Å². The molecule has 2 aliphatic rings. The van der Waals surface area contributed by atoms with Gasteiger partial charge in [0, 0.05) is 25.4 Å². The van der Waals surface area contributed by atoms with E-state index in [1.165, 1.54) is 11.3 Å². The summed E-state index contributed by atoms with van der Waals surface area (Å²) < 4.78 is 0. The van der Waals surface area contributed by atoms with Gasteiger partial charge in [-0.25, -0.2) is 0 Å². The summed E-state index contributed by atoms with van der Waals surface area (Å²) in [6.07, 6.45) is 2.14. The molecule has 0 aliphatic carbocycles. The van der Waals surface area contributed by atoms with Gasteiger partial charge in [-0.3, -0.25) is 4.79 Å². The highest BCUT2D eigenvalue weighted by Gasteiger charge is 2.32. The lowest BCUT2D eigenvalue weighted by atomic mass is 9.93. The Kier molecular flexibility index (Phi) is 3.80. The molecule has 1 amide bonds. The predicted octanol–water partition coefficient (Wildman–Crippen LogP) is 1.84. The first-order valence-corrected chi connectivity index (χ1v) is 8.08. The number of hydrogen-bond donors (Lipinski definition) is 1. The van der Waals surface area contributed by atoms with Crippen molar-refractivity contribution in [2.75, 3.05) is 25.1 Å². The van der Waals surface area contributed by atoms with Crippen molar-refractivity contribution in [3.8, 4) is 0 Å². The van der Waals surface area contributed by atoms with Crippen molar-refractivity contribution in [1.29, 1.82) is 0 Å². The smallest absolute Gasteiger partial charge is 0.244 e. The number of carbonyl (C=O) groups is 1. The minimum absolute atomic E-state index is 0.152. The molecule has 1 saturated heterocycles. The van der Waals surface area contributed by atoms with E-state index in [0.29, 0.717) is 6.04 Å². The van der Waals surface area contributed by atoms with Gasteiger partial charge in [0.05, 0.1) is 0 Å². The van der Waals surface area contributed by atoms with Crippen molar-refractivity contribution >= 4 is 17.7 Å². The maximum Gasteiger partial charge on any atom is 0.244 e. The van der Waals surface area contributed by atoms with Crippen LogP contribution in [0.15, 0.2) is 24.3 Å². The number of hydrogen-bond acceptors (Lipinski definition) is 3. The second kappa shape index (κ2) is 5.55. The topological polar surface area (TPSA) is 32.3 Å². The SMILES string of the molecule is CN(C(=O)C1NCCc2ccccc21)C1CCSC1. The molecule has 1 aromatic rings. The van der Waals surface area contributed by atoms with Gasteiger partial charge >= 0.3 is 0 Å². The monoisotopic (exact) mass is 276 g/mol. The Morgan fingerprint density at radius 1 is 1.42 bits per heavy atom. The van der Waals surface area contributed by atoms with Crippen LogP contribution in [-0.4, -0.2) is 41.9 Å². The van der Waals surface area contributed by atoms with Crippen molar-refractivity contribution in [1.82, 2.24) is 10.2 Å². The van der Waals surface area contributed by atoms with Gasteiger partial charge in [0.15, 0.2) is 0 Å². The van der Waals surface area contributed by atoms with Crippen LogP contribution in [0.25, 0.3) is 0 Å². The number of benzene rings is 1. The molecular formula is C15H20N2OS. The van der Waals surface area contributed by atoms with Crippen LogP contribution in [0.1, 0.15) is 23.6 Å². The van der Waals surface area contributed by atoms with Crippen LogP contribution in [0.3, 0.4) is 0 Å². The third-order valence-corrected chi connectivity index (χ3v) is 5.30. The first-order chi connectivity index (χ1) is 9.27. The number of nitrogens with zero attached hydrogens (tertiary/aromatic N) is 1. The Labute approximate surface area is 118 Å².